The normalized spacial score (nSPS) is 10.3. The van der Waals surface area contributed by atoms with Crippen LogP contribution in [-0.2, 0) is 0 Å². The van der Waals surface area contributed by atoms with Crippen LogP contribution in [0, 0.1) is 3.57 Å². The predicted octanol–water partition coefficient (Wildman–Crippen LogP) is 2.44. The third kappa shape index (κ3) is 1.77. The van der Waals surface area contributed by atoms with Crippen LogP contribution in [0.15, 0.2) is 12.4 Å². The molecular weight excluding hydrogens is 279 g/mol. The number of aldehydes is 1. The number of hydrogen-bond acceptors (Lipinski definition) is 2. The molecule has 0 aromatic carbocycles. The number of nitrogens with zero attached hydrogens (tertiary/aromatic N) is 1. The molecule has 1 rings (SSSR count). The third-order valence-corrected chi connectivity index (χ3v) is 2.18. The van der Waals surface area contributed by atoms with Crippen molar-refractivity contribution in [2.45, 2.75) is 6.43 Å². The summed E-state index contributed by atoms with van der Waals surface area (Å²) in [7, 11) is 0. The van der Waals surface area contributed by atoms with E-state index in [0.717, 1.165) is 6.20 Å². The SMILES string of the molecule is O=Cc1c(I)cncc1C(F)F. The first-order valence-electron chi connectivity index (χ1n) is 3.03. The molecule has 0 radical (unpaired) electrons. The highest BCUT2D eigenvalue weighted by Gasteiger charge is 2.14. The largest absolute Gasteiger partial charge is 0.298 e. The first kappa shape index (κ1) is 9.50. The summed E-state index contributed by atoms with van der Waals surface area (Å²) in [6.45, 7) is 0. The van der Waals surface area contributed by atoms with Gasteiger partial charge in [0.25, 0.3) is 6.43 Å². The molecule has 0 amide bonds. The van der Waals surface area contributed by atoms with E-state index in [1.54, 1.807) is 22.6 Å². The van der Waals surface area contributed by atoms with E-state index in [1.165, 1.54) is 6.20 Å². The molecule has 0 aliphatic carbocycles. The molecule has 0 saturated carbocycles. The minimum atomic E-state index is -2.65. The second-order valence-electron chi connectivity index (χ2n) is 2.04. The highest BCUT2D eigenvalue weighted by molar-refractivity contribution is 14.1. The Morgan fingerprint density at radius 1 is 1.50 bits per heavy atom. The summed E-state index contributed by atoms with van der Waals surface area (Å²) in [6, 6.07) is 0. The average molecular weight is 283 g/mol. The second-order valence-corrected chi connectivity index (χ2v) is 3.20. The summed E-state index contributed by atoms with van der Waals surface area (Å²) < 4.78 is 24.8. The number of aromatic nitrogens is 1. The molecule has 1 aromatic heterocycles. The van der Waals surface area contributed by atoms with Crippen molar-refractivity contribution in [2.75, 3.05) is 0 Å². The van der Waals surface area contributed by atoms with Crippen molar-refractivity contribution in [3.63, 3.8) is 0 Å². The summed E-state index contributed by atoms with van der Waals surface area (Å²) in [5.74, 6) is 0. The number of alkyl halides is 2. The molecule has 2 nitrogen and oxygen atoms in total. The van der Waals surface area contributed by atoms with Gasteiger partial charge >= 0.3 is 0 Å². The Kier molecular flexibility index (Phi) is 3.07. The van der Waals surface area contributed by atoms with E-state index in [-0.39, 0.29) is 11.1 Å². The average Bonchev–Trinajstić information content (AvgIpc) is 2.03. The molecule has 0 bridgehead atoms. The molecule has 1 heterocycles. The van der Waals surface area contributed by atoms with Gasteiger partial charge < -0.3 is 0 Å². The number of halogens is 3. The van der Waals surface area contributed by atoms with Crippen LogP contribution < -0.4 is 0 Å². The van der Waals surface area contributed by atoms with Gasteiger partial charge in [0.1, 0.15) is 0 Å². The summed E-state index contributed by atoms with van der Waals surface area (Å²) in [5, 5.41) is 0. The van der Waals surface area contributed by atoms with E-state index < -0.39 is 6.43 Å². The van der Waals surface area contributed by atoms with Crippen molar-refractivity contribution in [2.24, 2.45) is 0 Å². The summed E-state index contributed by atoms with van der Waals surface area (Å²) in [6.07, 6.45) is 0.157. The molecule has 0 saturated heterocycles. The molecule has 12 heavy (non-hydrogen) atoms. The Labute approximate surface area is 81.1 Å². The molecule has 0 aliphatic heterocycles. The fourth-order valence-electron chi connectivity index (χ4n) is 0.758. The molecule has 0 unspecified atom stereocenters. The maximum Gasteiger partial charge on any atom is 0.266 e. The lowest BCUT2D eigenvalue weighted by Crippen LogP contribution is -1.97. The van der Waals surface area contributed by atoms with E-state index in [2.05, 4.69) is 4.98 Å². The van der Waals surface area contributed by atoms with Gasteiger partial charge in [-0.3, -0.25) is 9.78 Å². The van der Waals surface area contributed by atoms with E-state index >= 15 is 0 Å². The Hall–Kier alpha value is -0.590. The van der Waals surface area contributed by atoms with Gasteiger partial charge in [0.2, 0.25) is 0 Å². The Morgan fingerprint density at radius 3 is 2.58 bits per heavy atom. The molecule has 0 fully saturated rings. The fourth-order valence-corrected chi connectivity index (χ4v) is 1.36. The maximum absolute atomic E-state index is 12.2. The third-order valence-electron chi connectivity index (χ3n) is 1.32. The second kappa shape index (κ2) is 3.88. The number of carbonyl (C=O) groups is 1. The summed E-state index contributed by atoms with van der Waals surface area (Å²) >= 11 is 1.79. The zero-order chi connectivity index (χ0) is 9.14. The van der Waals surface area contributed by atoms with Crippen LogP contribution in [0.1, 0.15) is 22.3 Å². The molecular formula is C7H4F2INO. The lowest BCUT2D eigenvalue weighted by molar-refractivity contribution is 0.110. The van der Waals surface area contributed by atoms with Gasteiger partial charge in [-0.05, 0) is 22.6 Å². The molecule has 0 atom stereocenters. The first-order chi connectivity index (χ1) is 5.66. The maximum atomic E-state index is 12.2. The highest BCUT2D eigenvalue weighted by atomic mass is 127. The van der Waals surface area contributed by atoms with Crippen molar-refractivity contribution in [1.29, 1.82) is 0 Å². The van der Waals surface area contributed by atoms with Crippen LogP contribution in [0.5, 0.6) is 0 Å². The van der Waals surface area contributed by atoms with Gasteiger partial charge in [0.05, 0.1) is 0 Å². The Balaban J connectivity index is 3.27. The van der Waals surface area contributed by atoms with E-state index in [0.29, 0.717) is 9.86 Å². The van der Waals surface area contributed by atoms with Crippen LogP contribution in [-0.4, -0.2) is 11.3 Å². The van der Waals surface area contributed by atoms with E-state index in [4.69, 9.17) is 0 Å². The summed E-state index contributed by atoms with van der Waals surface area (Å²) in [5.41, 5.74) is -0.280. The summed E-state index contributed by atoms with van der Waals surface area (Å²) in [4.78, 5) is 14.0. The smallest absolute Gasteiger partial charge is 0.266 e. The number of carbonyl (C=O) groups excluding carboxylic acids is 1. The van der Waals surface area contributed by atoms with Crippen LogP contribution in [0.4, 0.5) is 8.78 Å². The van der Waals surface area contributed by atoms with Crippen molar-refractivity contribution in [3.05, 3.63) is 27.1 Å². The van der Waals surface area contributed by atoms with Gasteiger partial charge in [0.15, 0.2) is 6.29 Å². The van der Waals surface area contributed by atoms with Crippen molar-refractivity contribution >= 4 is 28.9 Å². The Bertz CT molecular complexity index is 303. The minimum absolute atomic E-state index is 0.0283. The molecule has 1 aromatic rings. The van der Waals surface area contributed by atoms with Crippen LogP contribution in [0.3, 0.4) is 0 Å². The standard InChI is InChI=1S/C7H4F2INO/c8-7(9)4-1-11-2-6(10)5(4)3-12/h1-3,7H. The zero-order valence-electron chi connectivity index (χ0n) is 5.80. The predicted molar refractivity (Wildman–Crippen MR) is 47.3 cm³/mol. The van der Waals surface area contributed by atoms with Crippen LogP contribution in [0.2, 0.25) is 0 Å². The zero-order valence-corrected chi connectivity index (χ0v) is 7.96. The number of hydrogen-bond donors (Lipinski definition) is 0. The molecule has 5 heteroatoms. The molecule has 0 spiro atoms. The lowest BCUT2D eigenvalue weighted by atomic mass is 10.2. The number of pyridine rings is 1. The van der Waals surface area contributed by atoms with Crippen LogP contribution >= 0.6 is 22.6 Å². The van der Waals surface area contributed by atoms with Crippen LogP contribution in [0.25, 0.3) is 0 Å². The fraction of sp³-hybridized carbons (Fsp3) is 0.143. The van der Waals surface area contributed by atoms with E-state index in [1.807, 2.05) is 0 Å². The molecule has 64 valence electrons. The highest BCUT2D eigenvalue weighted by Crippen LogP contribution is 2.23. The van der Waals surface area contributed by atoms with Gasteiger partial charge in [0, 0.05) is 27.1 Å². The topological polar surface area (TPSA) is 30.0 Å². The van der Waals surface area contributed by atoms with E-state index in [9.17, 15) is 13.6 Å². The van der Waals surface area contributed by atoms with Crippen molar-refractivity contribution in [1.82, 2.24) is 4.98 Å². The molecule has 0 N–H and O–H groups in total. The van der Waals surface area contributed by atoms with Crippen molar-refractivity contribution in [3.8, 4) is 0 Å². The van der Waals surface area contributed by atoms with Gasteiger partial charge in [-0.1, -0.05) is 0 Å². The van der Waals surface area contributed by atoms with Crippen molar-refractivity contribution < 1.29 is 13.6 Å². The lowest BCUT2D eigenvalue weighted by Gasteiger charge is -2.03. The number of rotatable bonds is 2. The Morgan fingerprint density at radius 2 is 2.17 bits per heavy atom. The van der Waals surface area contributed by atoms with Gasteiger partial charge in [-0.15, -0.1) is 0 Å². The first-order valence-corrected chi connectivity index (χ1v) is 4.11. The van der Waals surface area contributed by atoms with Gasteiger partial charge in [-0.2, -0.15) is 0 Å². The van der Waals surface area contributed by atoms with Gasteiger partial charge in [-0.25, -0.2) is 8.78 Å². The molecule has 0 aliphatic rings. The quantitative estimate of drug-likeness (QED) is 0.616. The minimum Gasteiger partial charge on any atom is -0.298 e. The monoisotopic (exact) mass is 283 g/mol.